The van der Waals surface area contributed by atoms with Crippen molar-refractivity contribution in [2.75, 3.05) is 6.61 Å². The zero-order valence-corrected chi connectivity index (χ0v) is 12.7. The Morgan fingerprint density at radius 1 is 1.30 bits per heavy atom. The van der Waals surface area contributed by atoms with E-state index in [0.29, 0.717) is 6.61 Å². The van der Waals surface area contributed by atoms with Gasteiger partial charge >= 0.3 is 0 Å². The molecule has 0 aliphatic carbocycles. The highest BCUT2D eigenvalue weighted by molar-refractivity contribution is 6.25. The largest absolute Gasteiger partial charge is 0.489 e. The van der Waals surface area contributed by atoms with E-state index in [0.717, 1.165) is 17.7 Å². The van der Waals surface area contributed by atoms with Crippen LogP contribution in [0.15, 0.2) is 47.5 Å². The quantitative estimate of drug-likeness (QED) is 0.893. The van der Waals surface area contributed by atoms with Gasteiger partial charge in [-0.25, -0.2) is 0 Å². The van der Waals surface area contributed by atoms with Gasteiger partial charge in [-0.1, -0.05) is 41.9 Å². The molecule has 0 aliphatic rings. The van der Waals surface area contributed by atoms with Gasteiger partial charge in [0.25, 0.3) is 0 Å². The fourth-order valence-electron chi connectivity index (χ4n) is 2.21. The summed E-state index contributed by atoms with van der Waals surface area (Å²) in [6.07, 6.45) is 0.792. The van der Waals surface area contributed by atoms with E-state index in [9.17, 15) is 0 Å². The normalized spacial score (nSPS) is 13.5. The molecule has 0 saturated carbocycles. The van der Waals surface area contributed by atoms with Crippen molar-refractivity contribution in [3.05, 3.63) is 53.1 Å². The van der Waals surface area contributed by atoms with Crippen LogP contribution >= 0.6 is 11.6 Å². The van der Waals surface area contributed by atoms with E-state index in [-0.39, 0.29) is 6.04 Å². The summed E-state index contributed by atoms with van der Waals surface area (Å²) in [6, 6.07) is 12.5. The Labute approximate surface area is 125 Å². The lowest BCUT2D eigenvalue weighted by atomic mass is 9.98. The highest BCUT2D eigenvalue weighted by atomic mass is 35.5. The number of hydrogen-bond donors (Lipinski definition) is 1. The number of nitrogens with two attached hydrogens (primary N) is 1. The Morgan fingerprint density at radius 3 is 2.75 bits per heavy atom. The third kappa shape index (κ3) is 3.53. The molecule has 0 fully saturated rings. The minimum atomic E-state index is 0.0906. The Bertz CT molecular complexity index is 619. The molecule has 0 amide bonds. The van der Waals surface area contributed by atoms with Gasteiger partial charge in [0.15, 0.2) is 0 Å². The molecule has 0 aromatic heterocycles. The van der Waals surface area contributed by atoms with Crippen LogP contribution in [-0.2, 0) is 6.42 Å². The van der Waals surface area contributed by atoms with E-state index in [1.54, 1.807) is 5.54 Å². The van der Waals surface area contributed by atoms with Gasteiger partial charge in [-0.15, -0.1) is 0 Å². The van der Waals surface area contributed by atoms with Crippen LogP contribution in [0.5, 0.6) is 5.75 Å². The van der Waals surface area contributed by atoms with Crippen molar-refractivity contribution in [3.63, 3.8) is 0 Å². The minimum Gasteiger partial charge on any atom is -0.489 e. The second-order valence-corrected chi connectivity index (χ2v) is 5.41. The van der Waals surface area contributed by atoms with Gasteiger partial charge in [-0.05, 0) is 42.7 Å². The monoisotopic (exact) mass is 289 g/mol. The summed E-state index contributed by atoms with van der Waals surface area (Å²) >= 11 is 5.68. The molecule has 2 N–H and O–H groups in total. The van der Waals surface area contributed by atoms with Gasteiger partial charge in [0.1, 0.15) is 12.4 Å². The summed E-state index contributed by atoms with van der Waals surface area (Å²) in [6.45, 7) is 4.45. The Balaban J connectivity index is 2.41. The highest BCUT2D eigenvalue weighted by Gasteiger charge is 2.10. The van der Waals surface area contributed by atoms with Crippen LogP contribution < -0.4 is 10.5 Å². The molecule has 1 unspecified atom stereocenters. The fourth-order valence-corrected chi connectivity index (χ4v) is 2.27. The zero-order valence-electron chi connectivity index (χ0n) is 11.9. The van der Waals surface area contributed by atoms with Crippen LogP contribution in [0.1, 0.15) is 19.4 Å². The predicted octanol–water partition coefficient (Wildman–Crippen LogP) is 4.25. The van der Waals surface area contributed by atoms with Gasteiger partial charge in [-0.2, -0.15) is 0 Å². The molecule has 0 spiro atoms. The molecule has 106 valence electrons. The van der Waals surface area contributed by atoms with Crippen molar-refractivity contribution in [1.82, 2.24) is 0 Å². The number of fused-ring (bicyclic) bond motifs is 1. The molecule has 20 heavy (non-hydrogen) atoms. The average molecular weight is 290 g/mol. The summed E-state index contributed by atoms with van der Waals surface area (Å²) in [5.41, 5.74) is 9.69. The van der Waals surface area contributed by atoms with Crippen molar-refractivity contribution in [1.29, 1.82) is 0 Å². The molecular formula is C17H20ClNO. The molecular weight excluding hydrogens is 270 g/mol. The van der Waals surface area contributed by atoms with E-state index >= 15 is 0 Å². The molecule has 0 heterocycles. The molecule has 1 atom stereocenters. The Kier molecular flexibility index (Phi) is 5.05. The molecule has 2 nitrogen and oxygen atoms in total. The molecule has 2 rings (SSSR count). The van der Waals surface area contributed by atoms with Gasteiger partial charge in [0.05, 0.1) is 0 Å². The zero-order chi connectivity index (χ0) is 14.5. The highest BCUT2D eigenvalue weighted by Crippen LogP contribution is 2.29. The number of halogens is 1. The maximum Gasteiger partial charge on any atom is 0.123 e. The Hall–Kier alpha value is -1.51. The second-order valence-electron chi connectivity index (χ2n) is 5.19. The molecule has 2 aromatic carbocycles. The van der Waals surface area contributed by atoms with Crippen LogP contribution in [0.3, 0.4) is 0 Å². The third-order valence-corrected chi connectivity index (χ3v) is 3.54. The summed E-state index contributed by atoms with van der Waals surface area (Å²) in [5.74, 6) is 0.888. The molecule has 0 radical (unpaired) electrons. The van der Waals surface area contributed by atoms with Crippen molar-refractivity contribution >= 4 is 22.4 Å². The first-order valence-corrected chi connectivity index (χ1v) is 7.20. The topological polar surface area (TPSA) is 35.2 Å². The van der Waals surface area contributed by atoms with Gasteiger partial charge < -0.3 is 10.5 Å². The SMILES string of the molecule is C/C(=C\Cl)COc1ccc2ccccc2c1CC(C)N. The number of ether oxygens (including phenoxy) is 1. The van der Waals surface area contributed by atoms with E-state index < -0.39 is 0 Å². The molecule has 0 saturated heterocycles. The average Bonchev–Trinajstić information content (AvgIpc) is 2.45. The lowest BCUT2D eigenvalue weighted by Gasteiger charge is -2.16. The summed E-state index contributed by atoms with van der Waals surface area (Å²) < 4.78 is 5.89. The first-order valence-electron chi connectivity index (χ1n) is 6.76. The van der Waals surface area contributed by atoms with Crippen LogP contribution in [0.25, 0.3) is 10.8 Å². The summed E-state index contributed by atoms with van der Waals surface area (Å²) in [4.78, 5) is 0. The molecule has 0 aliphatic heterocycles. The molecule has 0 bridgehead atoms. The smallest absolute Gasteiger partial charge is 0.123 e. The number of rotatable bonds is 5. The molecule has 2 aromatic rings. The first-order chi connectivity index (χ1) is 9.61. The van der Waals surface area contributed by atoms with Gasteiger partial charge in [0, 0.05) is 17.1 Å². The summed E-state index contributed by atoms with van der Waals surface area (Å²) in [5, 5.41) is 2.41. The van der Waals surface area contributed by atoms with Gasteiger partial charge in [-0.3, -0.25) is 0 Å². The van der Waals surface area contributed by atoms with E-state index in [2.05, 4.69) is 18.2 Å². The fraction of sp³-hybridized carbons (Fsp3) is 0.294. The first kappa shape index (κ1) is 14.9. The summed E-state index contributed by atoms with van der Waals surface area (Å²) in [7, 11) is 0. The van der Waals surface area contributed by atoms with Crippen LogP contribution in [0, 0.1) is 0 Å². The van der Waals surface area contributed by atoms with Crippen molar-refractivity contribution in [3.8, 4) is 5.75 Å². The lowest BCUT2D eigenvalue weighted by Crippen LogP contribution is -2.18. The van der Waals surface area contributed by atoms with Crippen molar-refractivity contribution in [2.24, 2.45) is 5.73 Å². The number of hydrogen-bond acceptors (Lipinski definition) is 2. The minimum absolute atomic E-state index is 0.0906. The molecule has 3 heteroatoms. The van der Waals surface area contributed by atoms with Crippen LogP contribution in [-0.4, -0.2) is 12.6 Å². The van der Waals surface area contributed by atoms with Gasteiger partial charge in [0.2, 0.25) is 0 Å². The van der Waals surface area contributed by atoms with Crippen molar-refractivity contribution < 1.29 is 4.74 Å². The Morgan fingerprint density at radius 2 is 2.05 bits per heavy atom. The third-order valence-electron chi connectivity index (χ3n) is 3.17. The second kappa shape index (κ2) is 6.78. The lowest BCUT2D eigenvalue weighted by molar-refractivity contribution is 0.348. The van der Waals surface area contributed by atoms with Crippen LogP contribution in [0.2, 0.25) is 0 Å². The van der Waals surface area contributed by atoms with Crippen LogP contribution in [0.4, 0.5) is 0 Å². The van der Waals surface area contributed by atoms with E-state index in [1.807, 2.05) is 32.0 Å². The maximum atomic E-state index is 5.98. The van der Waals surface area contributed by atoms with E-state index in [4.69, 9.17) is 22.1 Å². The predicted molar refractivity (Wildman–Crippen MR) is 86.4 cm³/mol. The van der Waals surface area contributed by atoms with E-state index in [1.165, 1.54) is 16.3 Å². The maximum absolute atomic E-state index is 5.98. The number of benzene rings is 2. The standard InChI is InChI=1S/C17H20ClNO/c1-12(10-18)11-20-17-8-7-14-5-3-4-6-15(14)16(17)9-13(2)19/h3-8,10,13H,9,11,19H2,1-2H3/b12-10+. The van der Waals surface area contributed by atoms with Crippen molar-refractivity contribution in [2.45, 2.75) is 26.3 Å².